The van der Waals surface area contributed by atoms with Gasteiger partial charge in [0.15, 0.2) is 0 Å². The zero-order chi connectivity index (χ0) is 15.3. The van der Waals surface area contributed by atoms with E-state index in [2.05, 4.69) is 27.9 Å². The normalized spacial score (nSPS) is 15.3. The van der Waals surface area contributed by atoms with Gasteiger partial charge in [-0.1, -0.05) is 6.07 Å². The number of amides is 1. The summed E-state index contributed by atoms with van der Waals surface area (Å²) in [6.45, 7) is 0. The van der Waals surface area contributed by atoms with Gasteiger partial charge >= 0.3 is 5.97 Å². The van der Waals surface area contributed by atoms with E-state index in [1.165, 1.54) is 7.11 Å². The van der Waals surface area contributed by atoms with Gasteiger partial charge in [0, 0.05) is 9.26 Å². The van der Waals surface area contributed by atoms with Gasteiger partial charge in [-0.3, -0.25) is 9.59 Å². The Morgan fingerprint density at radius 1 is 1.43 bits per heavy atom. The summed E-state index contributed by atoms with van der Waals surface area (Å²) in [7, 11) is 1.42. The summed E-state index contributed by atoms with van der Waals surface area (Å²) in [5.41, 5.74) is 0.892. The number of nitrogens with one attached hydrogen (secondary N) is 1. The predicted octanol–water partition coefficient (Wildman–Crippen LogP) is 3.31. The Morgan fingerprint density at radius 2 is 2.19 bits per heavy atom. The van der Waals surface area contributed by atoms with E-state index in [1.54, 1.807) is 11.8 Å². The number of thioether (sulfide) groups is 1. The summed E-state index contributed by atoms with van der Waals surface area (Å²) in [6, 6.07) is 7.71. The summed E-state index contributed by atoms with van der Waals surface area (Å²) in [4.78, 5) is 23.2. The van der Waals surface area contributed by atoms with E-state index in [0.717, 1.165) is 27.9 Å². The molecule has 0 atom stereocenters. The highest BCUT2D eigenvalue weighted by molar-refractivity contribution is 14.1. The van der Waals surface area contributed by atoms with E-state index < -0.39 is 0 Å². The fourth-order valence-corrected chi connectivity index (χ4v) is 3.78. The predicted molar refractivity (Wildman–Crippen MR) is 93.4 cm³/mol. The van der Waals surface area contributed by atoms with Crippen LogP contribution in [0.15, 0.2) is 24.3 Å². The van der Waals surface area contributed by atoms with Crippen LogP contribution in [0.2, 0.25) is 0 Å². The lowest BCUT2D eigenvalue weighted by atomic mass is 10.1. The summed E-state index contributed by atoms with van der Waals surface area (Å²) >= 11 is 3.80. The number of anilines is 1. The molecule has 1 aromatic carbocycles. The second-order valence-corrected chi connectivity index (χ2v) is 7.54. The highest BCUT2D eigenvalue weighted by Crippen LogP contribution is 2.51. The number of rotatable bonds is 7. The molecule has 4 nitrogen and oxygen atoms in total. The maximum atomic E-state index is 11.9. The van der Waals surface area contributed by atoms with Gasteiger partial charge < -0.3 is 10.1 Å². The molecule has 1 saturated carbocycles. The molecule has 21 heavy (non-hydrogen) atoms. The van der Waals surface area contributed by atoms with Crippen LogP contribution in [-0.4, -0.2) is 30.5 Å². The van der Waals surface area contributed by atoms with Crippen LogP contribution in [0, 0.1) is 8.99 Å². The lowest BCUT2D eigenvalue weighted by Crippen LogP contribution is -2.17. The van der Waals surface area contributed by atoms with Gasteiger partial charge in [0.1, 0.15) is 0 Å². The Kier molecular flexibility index (Phi) is 5.92. The second-order valence-electron chi connectivity index (χ2n) is 5.30. The highest BCUT2D eigenvalue weighted by atomic mass is 127. The van der Waals surface area contributed by atoms with Crippen molar-refractivity contribution in [3.05, 3.63) is 27.8 Å². The minimum Gasteiger partial charge on any atom is -0.469 e. The first-order valence-electron chi connectivity index (χ1n) is 6.73. The van der Waals surface area contributed by atoms with Crippen molar-refractivity contribution in [2.45, 2.75) is 19.3 Å². The molecule has 0 aromatic heterocycles. The highest BCUT2D eigenvalue weighted by Gasteiger charge is 2.44. The van der Waals surface area contributed by atoms with E-state index in [-0.39, 0.29) is 17.3 Å². The third-order valence-electron chi connectivity index (χ3n) is 3.45. The van der Waals surface area contributed by atoms with E-state index in [1.807, 2.05) is 24.3 Å². The molecule has 1 N–H and O–H groups in total. The molecule has 0 saturated heterocycles. The SMILES string of the molecule is COC(=O)CC1(CSCC(=O)Nc2cccc(I)c2)CC1. The molecule has 6 heteroatoms. The second kappa shape index (κ2) is 7.49. The Labute approximate surface area is 142 Å². The van der Waals surface area contributed by atoms with Crippen LogP contribution in [0.1, 0.15) is 19.3 Å². The fourth-order valence-electron chi connectivity index (χ4n) is 2.05. The quantitative estimate of drug-likeness (QED) is 0.545. The molecular formula is C15H18INO3S. The maximum absolute atomic E-state index is 11.9. The average Bonchev–Trinajstić information content (AvgIpc) is 3.18. The average molecular weight is 419 g/mol. The van der Waals surface area contributed by atoms with Crippen molar-refractivity contribution in [1.29, 1.82) is 0 Å². The third kappa shape index (κ3) is 5.50. The van der Waals surface area contributed by atoms with Gasteiger partial charge in [-0.15, -0.1) is 0 Å². The van der Waals surface area contributed by atoms with Crippen molar-refractivity contribution in [3.63, 3.8) is 0 Å². The number of carbonyl (C=O) groups is 2. The molecule has 0 heterocycles. The monoisotopic (exact) mass is 419 g/mol. The van der Waals surface area contributed by atoms with Gasteiger partial charge in [-0.05, 0) is 64.8 Å². The van der Waals surface area contributed by atoms with Crippen molar-refractivity contribution >= 4 is 51.9 Å². The van der Waals surface area contributed by atoms with Crippen molar-refractivity contribution in [2.75, 3.05) is 23.9 Å². The molecule has 1 fully saturated rings. The van der Waals surface area contributed by atoms with Crippen LogP contribution >= 0.6 is 34.4 Å². The van der Waals surface area contributed by atoms with Crippen LogP contribution in [-0.2, 0) is 14.3 Å². The first-order chi connectivity index (χ1) is 10.0. The van der Waals surface area contributed by atoms with E-state index in [9.17, 15) is 9.59 Å². The van der Waals surface area contributed by atoms with Crippen LogP contribution in [0.4, 0.5) is 5.69 Å². The minimum atomic E-state index is -0.156. The van der Waals surface area contributed by atoms with Gasteiger partial charge in [-0.25, -0.2) is 0 Å². The fraction of sp³-hybridized carbons (Fsp3) is 0.467. The Bertz CT molecular complexity index is 531. The molecule has 2 rings (SSSR count). The Hall–Kier alpha value is -0.760. The van der Waals surface area contributed by atoms with Gasteiger partial charge in [0.2, 0.25) is 5.91 Å². The zero-order valence-electron chi connectivity index (χ0n) is 11.9. The van der Waals surface area contributed by atoms with Gasteiger partial charge in [0.25, 0.3) is 0 Å². The van der Waals surface area contributed by atoms with E-state index >= 15 is 0 Å². The molecule has 1 aliphatic rings. The molecule has 0 aliphatic heterocycles. The molecule has 0 radical (unpaired) electrons. The maximum Gasteiger partial charge on any atom is 0.306 e. The Balaban J connectivity index is 1.71. The topological polar surface area (TPSA) is 55.4 Å². The summed E-state index contributed by atoms with van der Waals surface area (Å²) in [5.74, 6) is 1.09. The molecule has 0 spiro atoms. The van der Waals surface area contributed by atoms with E-state index in [4.69, 9.17) is 4.74 Å². The number of hydrogen-bond donors (Lipinski definition) is 1. The van der Waals surface area contributed by atoms with Crippen LogP contribution in [0.25, 0.3) is 0 Å². The standard InChI is InChI=1S/C15H18INO3S/c1-20-14(19)8-15(5-6-15)10-21-9-13(18)17-12-4-2-3-11(16)7-12/h2-4,7H,5-6,8-10H2,1H3,(H,17,18). The Morgan fingerprint density at radius 3 is 2.81 bits per heavy atom. The number of methoxy groups -OCH3 is 1. The van der Waals surface area contributed by atoms with Crippen LogP contribution < -0.4 is 5.32 Å². The molecule has 0 unspecified atom stereocenters. The molecule has 1 aromatic rings. The third-order valence-corrected chi connectivity index (χ3v) is 5.41. The first kappa shape index (κ1) is 16.6. The van der Waals surface area contributed by atoms with Crippen molar-refractivity contribution in [2.24, 2.45) is 5.41 Å². The molecule has 1 aliphatic carbocycles. The number of benzene rings is 1. The smallest absolute Gasteiger partial charge is 0.306 e. The lowest BCUT2D eigenvalue weighted by Gasteiger charge is -2.13. The molecule has 114 valence electrons. The van der Waals surface area contributed by atoms with Crippen molar-refractivity contribution in [3.8, 4) is 0 Å². The summed E-state index contributed by atoms with van der Waals surface area (Å²) < 4.78 is 5.81. The number of esters is 1. The van der Waals surface area contributed by atoms with E-state index in [0.29, 0.717) is 12.2 Å². The zero-order valence-corrected chi connectivity index (χ0v) is 14.8. The van der Waals surface area contributed by atoms with Gasteiger partial charge in [-0.2, -0.15) is 11.8 Å². The summed E-state index contributed by atoms with van der Waals surface area (Å²) in [6.07, 6.45) is 2.57. The molecule has 1 amide bonds. The van der Waals surface area contributed by atoms with Gasteiger partial charge in [0.05, 0.1) is 19.3 Å². The van der Waals surface area contributed by atoms with Crippen LogP contribution in [0.5, 0.6) is 0 Å². The number of ether oxygens (including phenoxy) is 1. The first-order valence-corrected chi connectivity index (χ1v) is 8.96. The molecular weight excluding hydrogens is 401 g/mol. The van der Waals surface area contributed by atoms with Crippen molar-refractivity contribution in [1.82, 2.24) is 0 Å². The minimum absolute atomic E-state index is 0.00383. The number of halogens is 1. The number of carbonyl (C=O) groups excluding carboxylic acids is 2. The largest absolute Gasteiger partial charge is 0.469 e. The van der Waals surface area contributed by atoms with Crippen molar-refractivity contribution < 1.29 is 14.3 Å². The van der Waals surface area contributed by atoms with Crippen LogP contribution in [0.3, 0.4) is 0 Å². The number of hydrogen-bond acceptors (Lipinski definition) is 4. The molecule has 0 bridgehead atoms. The lowest BCUT2D eigenvalue weighted by molar-refractivity contribution is -0.141. The summed E-state index contributed by atoms with van der Waals surface area (Å²) in [5, 5.41) is 2.89.